The summed E-state index contributed by atoms with van der Waals surface area (Å²) in [6, 6.07) is 0. The lowest BCUT2D eigenvalue weighted by molar-refractivity contribution is -0.0137. The first kappa shape index (κ1) is 20.8. The second-order valence-corrected chi connectivity index (χ2v) is 4.97. The largest absolute Gasteiger partial charge is 0.394 e. The van der Waals surface area contributed by atoms with Gasteiger partial charge in [0.05, 0.1) is 66.1 Å². The van der Waals surface area contributed by atoms with Crippen LogP contribution < -0.4 is 0 Å². The fourth-order valence-electron chi connectivity index (χ4n) is 1.37. The van der Waals surface area contributed by atoms with Gasteiger partial charge in [0.2, 0.25) is 0 Å². The van der Waals surface area contributed by atoms with Crippen molar-refractivity contribution in [2.75, 3.05) is 72.7 Å². The van der Waals surface area contributed by atoms with Crippen LogP contribution in [0.15, 0.2) is 0 Å². The molecule has 0 aliphatic carbocycles. The fourth-order valence-corrected chi connectivity index (χ4v) is 1.37. The minimum absolute atomic E-state index is 0.0475. The van der Waals surface area contributed by atoms with Crippen molar-refractivity contribution in [2.45, 2.75) is 20.3 Å². The third-order valence-electron chi connectivity index (χ3n) is 2.56. The predicted molar refractivity (Wildman–Crippen MR) is 80.6 cm³/mol. The summed E-state index contributed by atoms with van der Waals surface area (Å²) in [4.78, 5) is 0. The van der Waals surface area contributed by atoms with Gasteiger partial charge in [0.1, 0.15) is 0 Å². The average molecular weight is 308 g/mol. The lowest BCUT2D eigenvalue weighted by Crippen LogP contribution is -2.13. The molecule has 6 heteroatoms. The third-order valence-corrected chi connectivity index (χ3v) is 2.56. The minimum atomic E-state index is 0.0475. The summed E-state index contributed by atoms with van der Waals surface area (Å²) < 4.78 is 26.5. The van der Waals surface area contributed by atoms with Crippen LogP contribution in [0, 0.1) is 5.92 Å². The van der Waals surface area contributed by atoms with Gasteiger partial charge in [-0.25, -0.2) is 0 Å². The molecule has 0 saturated heterocycles. The maximum absolute atomic E-state index is 8.49. The topological polar surface area (TPSA) is 66.4 Å². The molecule has 0 atom stereocenters. The number of hydrogen-bond donors (Lipinski definition) is 1. The molecule has 0 aromatic rings. The number of aliphatic hydroxyl groups is 1. The molecular formula is C15H32O6. The zero-order chi connectivity index (χ0) is 15.6. The molecule has 0 unspecified atom stereocenters. The van der Waals surface area contributed by atoms with Crippen molar-refractivity contribution < 1.29 is 28.8 Å². The van der Waals surface area contributed by atoms with E-state index in [4.69, 9.17) is 28.8 Å². The number of aliphatic hydroxyl groups excluding tert-OH is 1. The zero-order valence-corrected chi connectivity index (χ0v) is 13.6. The highest BCUT2D eigenvalue weighted by Gasteiger charge is 1.95. The molecule has 0 aliphatic heterocycles. The summed E-state index contributed by atoms with van der Waals surface area (Å²) in [6.07, 6.45) is 1.09. The Morgan fingerprint density at radius 2 is 0.905 bits per heavy atom. The van der Waals surface area contributed by atoms with Crippen molar-refractivity contribution in [2.24, 2.45) is 5.92 Å². The van der Waals surface area contributed by atoms with E-state index < -0.39 is 0 Å². The quantitative estimate of drug-likeness (QED) is 0.406. The predicted octanol–water partition coefficient (Wildman–Crippen LogP) is 1.11. The molecule has 6 nitrogen and oxygen atoms in total. The van der Waals surface area contributed by atoms with E-state index in [0.717, 1.165) is 13.0 Å². The average Bonchev–Trinajstić information content (AvgIpc) is 2.46. The van der Waals surface area contributed by atoms with E-state index >= 15 is 0 Å². The van der Waals surface area contributed by atoms with Crippen LogP contribution in [0.25, 0.3) is 0 Å². The Bertz CT molecular complexity index is 189. The second-order valence-electron chi connectivity index (χ2n) is 4.97. The molecule has 128 valence electrons. The van der Waals surface area contributed by atoms with Gasteiger partial charge in [-0.05, 0) is 12.3 Å². The summed E-state index contributed by atoms with van der Waals surface area (Å²) in [5, 5.41) is 8.49. The van der Waals surface area contributed by atoms with E-state index in [9.17, 15) is 0 Å². The molecule has 0 heterocycles. The van der Waals surface area contributed by atoms with Crippen LogP contribution in [0.2, 0.25) is 0 Å². The maximum atomic E-state index is 8.49. The normalized spacial score (nSPS) is 11.4. The SMILES string of the molecule is CC(C)CCOCCOCCOCCOCCOCCO. The molecule has 1 N–H and O–H groups in total. The molecule has 0 aromatic carbocycles. The van der Waals surface area contributed by atoms with Gasteiger partial charge >= 0.3 is 0 Å². The first-order valence-electron chi connectivity index (χ1n) is 7.77. The lowest BCUT2D eigenvalue weighted by atomic mass is 10.1. The van der Waals surface area contributed by atoms with Crippen LogP contribution >= 0.6 is 0 Å². The molecule has 0 fully saturated rings. The standard InChI is InChI=1S/C15H32O6/c1-15(2)3-5-17-7-9-19-11-13-21-14-12-20-10-8-18-6-4-16/h15-16H,3-14H2,1-2H3. The Labute approximate surface area is 128 Å². The van der Waals surface area contributed by atoms with Gasteiger partial charge in [0.15, 0.2) is 0 Å². The van der Waals surface area contributed by atoms with E-state index in [0.29, 0.717) is 65.4 Å². The van der Waals surface area contributed by atoms with E-state index in [1.54, 1.807) is 0 Å². The van der Waals surface area contributed by atoms with Crippen molar-refractivity contribution in [1.82, 2.24) is 0 Å². The molecule has 0 rings (SSSR count). The first-order valence-corrected chi connectivity index (χ1v) is 7.77. The van der Waals surface area contributed by atoms with Crippen LogP contribution in [-0.2, 0) is 23.7 Å². The van der Waals surface area contributed by atoms with Crippen molar-refractivity contribution in [3.05, 3.63) is 0 Å². The number of rotatable bonds is 17. The maximum Gasteiger partial charge on any atom is 0.0701 e. The van der Waals surface area contributed by atoms with E-state index in [1.165, 1.54) is 0 Å². The van der Waals surface area contributed by atoms with Crippen LogP contribution in [0.5, 0.6) is 0 Å². The van der Waals surface area contributed by atoms with Crippen molar-refractivity contribution in [1.29, 1.82) is 0 Å². The van der Waals surface area contributed by atoms with Crippen LogP contribution in [0.3, 0.4) is 0 Å². The summed E-state index contributed by atoms with van der Waals surface area (Å²) in [5.41, 5.74) is 0. The Kier molecular flexibility index (Phi) is 17.6. The van der Waals surface area contributed by atoms with Crippen LogP contribution in [-0.4, -0.2) is 77.8 Å². The molecular weight excluding hydrogens is 276 g/mol. The molecule has 0 radical (unpaired) electrons. The Morgan fingerprint density at radius 3 is 1.24 bits per heavy atom. The minimum Gasteiger partial charge on any atom is -0.394 e. The lowest BCUT2D eigenvalue weighted by Gasteiger charge is -2.08. The van der Waals surface area contributed by atoms with Gasteiger partial charge in [0.25, 0.3) is 0 Å². The van der Waals surface area contributed by atoms with Gasteiger partial charge in [0, 0.05) is 6.61 Å². The fraction of sp³-hybridized carbons (Fsp3) is 1.00. The Morgan fingerprint density at radius 1 is 0.571 bits per heavy atom. The molecule has 0 bridgehead atoms. The van der Waals surface area contributed by atoms with Crippen molar-refractivity contribution in [3.63, 3.8) is 0 Å². The van der Waals surface area contributed by atoms with Gasteiger partial charge in [-0.15, -0.1) is 0 Å². The first-order chi connectivity index (χ1) is 10.3. The highest BCUT2D eigenvalue weighted by atomic mass is 16.6. The van der Waals surface area contributed by atoms with E-state index in [1.807, 2.05) is 0 Å². The number of hydrogen-bond acceptors (Lipinski definition) is 6. The molecule has 0 aromatic heterocycles. The summed E-state index contributed by atoms with van der Waals surface area (Å²) >= 11 is 0. The summed E-state index contributed by atoms with van der Waals surface area (Å²) in [6.45, 7) is 10.1. The number of ether oxygens (including phenoxy) is 5. The van der Waals surface area contributed by atoms with Gasteiger partial charge < -0.3 is 28.8 Å². The van der Waals surface area contributed by atoms with E-state index in [2.05, 4.69) is 13.8 Å². The summed E-state index contributed by atoms with van der Waals surface area (Å²) in [5.74, 6) is 0.683. The third kappa shape index (κ3) is 19.8. The molecule has 21 heavy (non-hydrogen) atoms. The smallest absolute Gasteiger partial charge is 0.0701 e. The zero-order valence-electron chi connectivity index (χ0n) is 13.6. The molecule has 0 amide bonds. The molecule has 0 spiro atoms. The second kappa shape index (κ2) is 17.8. The highest BCUT2D eigenvalue weighted by Crippen LogP contribution is 1.98. The van der Waals surface area contributed by atoms with Crippen LogP contribution in [0.4, 0.5) is 0 Å². The van der Waals surface area contributed by atoms with Crippen molar-refractivity contribution >= 4 is 0 Å². The molecule has 0 saturated carbocycles. The molecule has 0 aliphatic rings. The Hall–Kier alpha value is -0.240. The van der Waals surface area contributed by atoms with E-state index in [-0.39, 0.29) is 6.61 Å². The van der Waals surface area contributed by atoms with Gasteiger partial charge in [-0.2, -0.15) is 0 Å². The Balaban J connectivity index is 2.93. The van der Waals surface area contributed by atoms with Crippen molar-refractivity contribution in [3.8, 4) is 0 Å². The highest BCUT2D eigenvalue weighted by molar-refractivity contribution is 4.42. The van der Waals surface area contributed by atoms with Gasteiger partial charge in [-0.1, -0.05) is 13.8 Å². The summed E-state index contributed by atoms with van der Waals surface area (Å²) in [7, 11) is 0. The monoisotopic (exact) mass is 308 g/mol. The van der Waals surface area contributed by atoms with Crippen LogP contribution in [0.1, 0.15) is 20.3 Å². The van der Waals surface area contributed by atoms with Gasteiger partial charge in [-0.3, -0.25) is 0 Å².